The monoisotopic (exact) mass is 246 g/mol. The zero-order valence-corrected chi connectivity index (χ0v) is 9.59. The van der Waals surface area contributed by atoms with Gasteiger partial charge in [-0.2, -0.15) is 0 Å². The molecule has 0 atom stereocenters. The predicted octanol–water partition coefficient (Wildman–Crippen LogP) is 1.48. The van der Waals surface area contributed by atoms with Crippen molar-refractivity contribution in [1.29, 1.82) is 0 Å². The number of anilines is 2. The summed E-state index contributed by atoms with van der Waals surface area (Å²) in [6, 6.07) is 0.736. The largest absolute Gasteiger partial charge is 0.385 e. The highest BCUT2D eigenvalue weighted by Gasteiger charge is 2.10. The Morgan fingerprint density at radius 3 is 2.65 bits per heavy atom. The number of nitrogen functional groups attached to an aromatic ring is 1. The number of nitrogens with one attached hydrogen (secondary N) is 2. The minimum absolute atomic E-state index is 0.0169. The average Bonchev–Trinajstić information content (AvgIpc) is 2.31. The summed E-state index contributed by atoms with van der Waals surface area (Å²) in [7, 11) is 1.62. The predicted molar refractivity (Wildman–Crippen MR) is 61.6 cm³/mol. The standard InChI is InChI=1S/C10H16F2N4O/c1-17-5-3-2-4-14-9-7(11)6-8(12)10(15-9)16-13/h6H,2-5,13H2,1H3,(H2,14,15,16). The topological polar surface area (TPSA) is 72.2 Å². The van der Waals surface area contributed by atoms with Crippen LogP contribution in [0.3, 0.4) is 0 Å². The zero-order chi connectivity index (χ0) is 12.7. The third-order valence-corrected chi connectivity index (χ3v) is 2.13. The first-order valence-electron chi connectivity index (χ1n) is 5.24. The van der Waals surface area contributed by atoms with Crippen LogP contribution >= 0.6 is 0 Å². The molecule has 1 rings (SSSR count). The van der Waals surface area contributed by atoms with E-state index in [4.69, 9.17) is 10.6 Å². The average molecular weight is 246 g/mol. The molecular formula is C10H16F2N4O. The minimum atomic E-state index is -0.824. The van der Waals surface area contributed by atoms with Crippen LogP contribution in [0.4, 0.5) is 20.4 Å². The molecule has 0 bridgehead atoms. The summed E-state index contributed by atoms with van der Waals surface area (Å²) >= 11 is 0. The van der Waals surface area contributed by atoms with Gasteiger partial charge in [0.25, 0.3) is 0 Å². The van der Waals surface area contributed by atoms with Crippen molar-refractivity contribution in [3.8, 4) is 0 Å². The van der Waals surface area contributed by atoms with Gasteiger partial charge in [-0.15, -0.1) is 0 Å². The molecule has 7 heteroatoms. The van der Waals surface area contributed by atoms with Gasteiger partial charge in [-0.1, -0.05) is 0 Å². The van der Waals surface area contributed by atoms with Crippen molar-refractivity contribution in [3.63, 3.8) is 0 Å². The van der Waals surface area contributed by atoms with Crippen molar-refractivity contribution >= 4 is 11.6 Å². The highest BCUT2D eigenvalue weighted by molar-refractivity contribution is 5.46. The normalized spacial score (nSPS) is 10.4. The Morgan fingerprint density at radius 1 is 1.29 bits per heavy atom. The van der Waals surface area contributed by atoms with E-state index in [1.54, 1.807) is 7.11 Å². The number of rotatable bonds is 7. The maximum Gasteiger partial charge on any atom is 0.178 e. The van der Waals surface area contributed by atoms with Gasteiger partial charge in [-0.25, -0.2) is 19.6 Å². The number of halogens is 2. The summed E-state index contributed by atoms with van der Waals surface area (Å²) in [6.45, 7) is 1.18. The second-order valence-corrected chi connectivity index (χ2v) is 3.42. The van der Waals surface area contributed by atoms with Crippen LogP contribution < -0.4 is 16.6 Å². The highest BCUT2D eigenvalue weighted by Crippen LogP contribution is 2.18. The van der Waals surface area contributed by atoms with Crippen LogP contribution in [-0.2, 0) is 4.74 Å². The minimum Gasteiger partial charge on any atom is -0.385 e. The molecule has 1 aromatic rings. The van der Waals surface area contributed by atoms with Crippen LogP contribution in [0, 0.1) is 11.6 Å². The zero-order valence-electron chi connectivity index (χ0n) is 9.59. The first-order valence-corrected chi connectivity index (χ1v) is 5.24. The van der Waals surface area contributed by atoms with E-state index in [-0.39, 0.29) is 11.6 Å². The van der Waals surface area contributed by atoms with Gasteiger partial charge in [0, 0.05) is 26.3 Å². The number of hydrogen-bond donors (Lipinski definition) is 3. The molecule has 0 aliphatic rings. The lowest BCUT2D eigenvalue weighted by Crippen LogP contribution is -2.14. The summed E-state index contributed by atoms with van der Waals surface area (Å²) in [5.41, 5.74) is 2.06. The first kappa shape index (κ1) is 13.6. The molecule has 0 aliphatic heterocycles. The Morgan fingerprint density at radius 2 is 2.00 bits per heavy atom. The van der Waals surface area contributed by atoms with Crippen molar-refractivity contribution in [2.45, 2.75) is 12.8 Å². The molecule has 17 heavy (non-hydrogen) atoms. The Labute approximate surface area is 98.3 Å². The molecule has 0 aromatic carbocycles. The number of ether oxygens (including phenoxy) is 1. The molecule has 0 aliphatic carbocycles. The van der Waals surface area contributed by atoms with Crippen LogP contribution in [0.15, 0.2) is 6.07 Å². The Balaban J connectivity index is 2.52. The van der Waals surface area contributed by atoms with Crippen LogP contribution in [0.5, 0.6) is 0 Å². The Hall–Kier alpha value is -1.47. The van der Waals surface area contributed by atoms with Crippen molar-refractivity contribution in [2.24, 2.45) is 5.84 Å². The van der Waals surface area contributed by atoms with E-state index >= 15 is 0 Å². The van der Waals surface area contributed by atoms with Gasteiger partial charge in [0.2, 0.25) is 0 Å². The van der Waals surface area contributed by atoms with Crippen LogP contribution in [0.2, 0.25) is 0 Å². The molecule has 0 spiro atoms. The van der Waals surface area contributed by atoms with Crippen molar-refractivity contribution in [2.75, 3.05) is 31.0 Å². The van der Waals surface area contributed by atoms with Crippen molar-refractivity contribution < 1.29 is 13.5 Å². The Kier molecular flexibility index (Phi) is 5.58. The van der Waals surface area contributed by atoms with Crippen molar-refractivity contribution in [1.82, 2.24) is 4.98 Å². The molecule has 5 nitrogen and oxygen atoms in total. The lowest BCUT2D eigenvalue weighted by molar-refractivity contribution is 0.193. The van der Waals surface area contributed by atoms with E-state index in [9.17, 15) is 8.78 Å². The molecule has 0 saturated heterocycles. The van der Waals surface area contributed by atoms with Crippen LogP contribution in [0.1, 0.15) is 12.8 Å². The van der Waals surface area contributed by atoms with Gasteiger partial charge >= 0.3 is 0 Å². The number of hydrazine groups is 1. The molecule has 0 amide bonds. The first-order chi connectivity index (χ1) is 8.19. The molecule has 0 unspecified atom stereocenters. The molecule has 1 heterocycles. The van der Waals surface area contributed by atoms with E-state index in [1.807, 2.05) is 0 Å². The van der Waals surface area contributed by atoms with Gasteiger partial charge in [0.05, 0.1) is 0 Å². The van der Waals surface area contributed by atoms with Gasteiger partial charge in [0.1, 0.15) is 0 Å². The summed E-state index contributed by atoms with van der Waals surface area (Å²) < 4.78 is 31.2. The van der Waals surface area contributed by atoms with Gasteiger partial charge in [0.15, 0.2) is 23.3 Å². The molecule has 0 saturated carbocycles. The van der Waals surface area contributed by atoms with Crippen molar-refractivity contribution in [3.05, 3.63) is 17.7 Å². The maximum atomic E-state index is 13.3. The Bertz CT molecular complexity index is 362. The van der Waals surface area contributed by atoms with E-state index in [0.717, 1.165) is 18.9 Å². The van der Waals surface area contributed by atoms with E-state index in [2.05, 4.69) is 15.7 Å². The van der Waals surface area contributed by atoms with E-state index in [0.29, 0.717) is 13.2 Å². The number of methoxy groups -OCH3 is 1. The summed E-state index contributed by atoms with van der Waals surface area (Å²) in [5.74, 6) is 3.27. The van der Waals surface area contributed by atoms with E-state index in [1.165, 1.54) is 0 Å². The third kappa shape index (κ3) is 4.12. The number of nitrogens with zero attached hydrogens (tertiary/aromatic N) is 1. The third-order valence-electron chi connectivity index (χ3n) is 2.13. The van der Waals surface area contributed by atoms with Gasteiger partial charge < -0.3 is 15.5 Å². The van der Waals surface area contributed by atoms with Crippen LogP contribution in [0.25, 0.3) is 0 Å². The second-order valence-electron chi connectivity index (χ2n) is 3.42. The number of aromatic nitrogens is 1. The second kappa shape index (κ2) is 6.97. The summed E-state index contributed by atoms with van der Waals surface area (Å²) in [4.78, 5) is 3.68. The number of nitrogens with two attached hydrogens (primary N) is 1. The quantitative estimate of drug-likeness (QED) is 0.386. The highest BCUT2D eigenvalue weighted by atomic mass is 19.1. The van der Waals surface area contributed by atoms with Crippen LogP contribution in [-0.4, -0.2) is 25.2 Å². The molecule has 1 aromatic heterocycles. The molecule has 0 fully saturated rings. The van der Waals surface area contributed by atoms with Gasteiger partial charge in [-0.05, 0) is 12.8 Å². The number of hydrogen-bond acceptors (Lipinski definition) is 5. The van der Waals surface area contributed by atoms with Gasteiger partial charge in [-0.3, -0.25) is 0 Å². The number of unbranched alkanes of at least 4 members (excludes halogenated alkanes) is 1. The maximum absolute atomic E-state index is 13.3. The summed E-state index contributed by atoms with van der Waals surface area (Å²) in [5, 5.41) is 2.77. The lowest BCUT2D eigenvalue weighted by atomic mass is 10.3. The molecule has 4 N–H and O–H groups in total. The summed E-state index contributed by atoms with van der Waals surface area (Å²) in [6.07, 6.45) is 1.66. The fourth-order valence-electron chi connectivity index (χ4n) is 1.27. The fraction of sp³-hybridized carbons (Fsp3) is 0.500. The SMILES string of the molecule is COCCCCNc1nc(NN)c(F)cc1F. The lowest BCUT2D eigenvalue weighted by Gasteiger charge is -2.09. The van der Waals surface area contributed by atoms with E-state index < -0.39 is 11.6 Å². The molecule has 96 valence electrons. The fourth-order valence-corrected chi connectivity index (χ4v) is 1.27. The molecular weight excluding hydrogens is 230 g/mol. The molecule has 0 radical (unpaired) electrons. The smallest absolute Gasteiger partial charge is 0.178 e. The number of pyridine rings is 1.